The molecule has 0 aliphatic heterocycles. The first-order valence-corrected chi connectivity index (χ1v) is 9.20. The summed E-state index contributed by atoms with van der Waals surface area (Å²) in [7, 11) is 1.68. The first kappa shape index (κ1) is 19.5. The maximum atomic E-state index is 14.4. The molecule has 24 heavy (non-hydrogen) atoms. The molecule has 5 heteroatoms. The minimum absolute atomic E-state index is 0.0196. The molecule has 0 heterocycles. The quantitative estimate of drug-likeness (QED) is 0.689. The van der Waals surface area contributed by atoms with Crippen LogP contribution in [0.1, 0.15) is 58.8 Å². The van der Waals surface area contributed by atoms with Crippen LogP contribution >= 0.6 is 11.6 Å². The number of allylic oxidation sites excluding steroid dienone is 1. The van der Waals surface area contributed by atoms with E-state index in [1.165, 1.54) is 6.92 Å². The van der Waals surface area contributed by atoms with Gasteiger partial charge in [0, 0.05) is 18.6 Å². The second kappa shape index (κ2) is 8.01. The van der Waals surface area contributed by atoms with Crippen LogP contribution in [0, 0.1) is 11.3 Å². The summed E-state index contributed by atoms with van der Waals surface area (Å²) < 4.78 is 19.8. The van der Waals surface area contributed by atoms with Gasteiger partial charge in [-0.3, -0.25) is 4.79 Å². The fraction of sp³-hybridized carbons (Fsp3) is 0.737. The summed E-state index contributed by atoms with van der Waals surface area (Å²) in [4.78, 5) is 12.7. The van der Waals surface area contributed by atoms with E-state index in [2.05, 4.69) is 18.8 Å². The van der Waals surface area contributed by atoms with Gasteiger partial charge < -0.3 is 10.1 Å². The number of nitrogens with one attached hydrogen (secondary N) is 1. The third-order valence-electron chi connectivity index (χ3n) is 5.75. The zero-order valence-corrected chi connectivity index (χ0v) is 15.7. The molecule has 0 radical (unpaired) electrons. The summed E-state index contributed by atoms with van der Waals surface area (Å²) in [5.74, 6) is -0.593. The van der Waals surface area contributed by atoms with Crippen LogP contribution in [-0.4, -0.2) is 25.2 Å². The predicted octanol–water partition coefficient (Wildman–Crippen LogP) is 4.86. The van der Waals surface area contributed by atoms with Crippen LogP contribution in [0.15, 0.2) is 23.0 Å². The van der Waals surface area contributed by atoms with E-state index in [0.29, 0.717) is 5.57 Å². The van der Waals surface area contributed by atoms with E-state index >= 15 is 0 Å². The molecule has 0 aromatic carbocycles. The Labute approximate surface area is 149 Å². The molecule has 2 aliphatic carbocycles. The number of hydrogen-bond acceptors (Lipinski definition) is 2. The highest BCUT2D eigenvalue weighted by molar-refractivity contribution is 6.29. The Kier molecular flexibility index (Phi) is 6.49. The summed E-state index contributed by atoms with van der Waals surface area (Å²) >= 11 is 5.84. The second-order valence-corrected chi connectivity index (χ2v) is 8.11. The Hall–Kier alpha value is -0.870. The normalized spacial score (nSPS) is 28.4. The summed E-state index contributed by atoms with van der Waals surface area (Å²) in [6, 6.07) is -0.414. The van der Waals surface area contributed by atoms with Gasteiger partial charge in [-0.2, -0.15) is 0 Å². The van der Waals surface area contributed by atoms with Gasteiger partial charge in [0.2, 0.25) is 5.91 Å². The van der Waals surface area contributed by atoms with E-state index in [4.69, 9.17) is 16.3 Å². The molecule has 1 N–H and O–H groups in total. The highest BCUT2D eigenvalue weighted by Crippen LogP contribution is 2.44. The maximum Gasteiger partial charge on any atom is 0.223 e. The fourth-order valence-corrected chi connectivity index (χ4v) is 4.28. The molecule has 3 atom stereocenters. The molecular formula is C19H29ClFNO2. The third kappa shape index (κ3) is 4.20. The van der Waals surface area contributed by atoms with Gasteiger partial charge in [-0.25, -0.2) is 4.39 Å². The van der Waals surface area contributed by atoms with Gasteiger partial charge in [-0.15, -0.1) is 0 Å². The number of halogens is 2. The standard InChI is InChI=1S/C19H29ClFNO2/c1-12(16(21)13(2)20)17(19(3)9-5-6-10-19)22-18(23)14-7-8-15(11-14)24-4/h14-15,17H,1,5-11H2,2-4H3,(H,22,23)/b16-13-. The monoisotopic (exact) mass is 357 g/mol. The van der Waals surface area contributed by atoms with Gasteiger partial charge in [0.15, 0.2) is 0 Å². The van der Waals surface area contributed by atoms with E-state index in [1.54, 1.807) is 7.11 Å². The summed E-state index contributed by atoms with van der Waals surface area (Å²) in [6.45, 7) is 7.54. The molecule has 0 aromatic rings. The molecule has 3 nitrogen and oxygen atoms in total. The third-order valence-corrected chi connectivity index (χ3v) is 5.92. The topological polar surface area (TPSA) is 38.3 Å². The van der Waals surface area contributed by atoms with Crippen molar-refractivity contribution in [3.05, 3.63) is 23.0 Å². The van der Waals surface area contributed by atoms with Crippen LogP contribution in [0.2, 0.25) is 0 Å². The average Bonchev–Trinajstić information content (AvgIpc) is 3.20. The van der Waals surface area contributed by atoms with Gasteiger partial charge in [-0.1, -0.05) is 37.9 Å². The van der Waals surface area contributed by atoms with E-state index in [0.717, 1.165) is 44.9 Å². The number of ether oxygens (including phenoxy) is 1. The summed E-state index contributed by atoms with van der Waals surface area (Å²) in [5.41, 5.74) is 0.122. The highest BCUT2D eigenvalue weighted by Gasteiger charge is 2.42. The smallest absolute Gasteiger partial charge is 0.223 e. The van der Waals surface area contributed by atoms with Crippen LogP contribution in [0.25, 0.3) is 0 Å². The molecule has 2 fully saturated rings. The van der Waals surface area contributed by atoms with Crippen molar-refractivity contribution in [2.24, 2.45) is 11.3 Å². The largest absolute Gasteiger partial charge is 0.381 e. The van der Waals surface area contributed by atoms with E-state index < -0.39 is 11.9 Å². The Morgan fingerprint density at radius 2 is 2.00 bits per heavy atom. The van der Waals surface area contributed by atoms with Gasteiger partial charge in [0.25, 0.3) is 0 Å². The molecule has 0 aromatic heterocycles. The minimum atomic E-state index is -0.503. The number of methoxy groups -OCH3 is 1. The Balaban J connectivity index is 2.16. The van der Waals surface area contributed by atoms with Gasteiger partial charge in [0.1, 0.15) is 5.83 Å². The van der Waals surface area contributed by atoms with Gasteiger partial charge >= 0.3 is 0 Å². The molecule has 3 unspecified atom stereocenters. The SMILES string of the molecule is C=C(/C(F)=C(\C)Cl)C(NC(=O)C1CCC(OC)C1)C1(C)CCCC1. The zero-order valence-electron chi connectivity index (χ0n) is 15.0. The molecular weight excluding hydrogens is 329 g/mol. The molecule has 2 rings (SSSR count). The maximum absolute atomic E-state index is 14.4. The molecule has 0 saturated heterocycles. The molecule has 2 aliphatic rings. The van der Waals surface area contributed by atoms with Crippen molar-refractivity contribution in [1.29, 1.82) is 0 Å². The van der Waals surface area contributed by atoms with Crippen molar-refractivity contribution in [2.75, 3.05) is 7.11 Å². The number of carbonyl (C=O) groups excluding carboxylic acids is 1. The summed E-state index contributed by atoms with van der Waals surface area (Å²) in [6.07, 6.45) is 6.68. The number of amides is 1. The van der Waals surface area contributed by atoms with Crippen molar-refractivity contribution in [1.82, 2.24) is 5.32 Å². The van der Waals surface area contributed by atoms with Crippen LogP contribution in [-0.2, 0) is 9.53 Å². The molecule has 2 saturated carbocycles. The number of rotatable bonds is 6. The Morgan fingerprint density at radius 1 is 1.38 bits per heavy atom. The Morgan fingerprint density at radius 3 is 2.50 bits per heavy atom. The average molecular weight is 358 g/mol. The molecule has 1 amide bonds. The van der Waals surface area contributed by atoms with E-state index in [1.807, 2.05) is 0 Å². The lowest BCUT2D eigenvalue weighted by Gasteiger charge is -2.36. The van der Waals surface area contributed by atoms with Crippen molar-refractivity contribution in [2.45, 2.75) is 70.9 Å². The van der Waals surface area contributed by atoms with Crippen LogP contribution in [0.3, 0.4) is 0 Å². The lowest BCUT2D eigenvalue weighted by molar-refractivity contribution is -0.126. The minimum Gasteiger partial charge on any atom is -0.381 e. The first-order chi connectivity index (χ1) is 11.3. The lowest BCUT2D eigenvalue weighted by Crippen LogP contribution is -2.48. The van der Waals surface area contributed by atoms with Crippen molar-refractivity contribution < 1.29 is 13.9 Å². The molecule has 136 valence electrons. The second-order valence-electron chi connectivity index (χ2n) is 7.54. The van der Waals surface area contributed by atoms with Crippen molar-refractivity contribution in [3.8, 4) is 0 Å². The fourth-order valence-electron chi connectivity index (χ4n) is 4.15. The van der Waals surface area contributed by atoms with Gasteiger partial charge in [0.05, 0.1) is 17.2 Å². The number of hydrogen-bond donors (Lipinski definition) is 1. The summed E-state index contributed by atoms with van der Waals surface area (Å²) in [5, 5.41) is 3.18. The Bertz CT molecular complexity index is 521. The molecule has 0 spiro atoms. The molecule has 0 bridgehead atoms. The van der Waals surface area contributed by atoms with Crippen LogP contribution in [0.5, 0.6) is 0 Å². The van der Waals surface area contributed by atoms with Crippen molar-refractivity contribution in [3.63, 3.8) is 0 Å². The van der Waals surface area contributed by atoms with Crippen LogP contribution < -0.4 is 5.32 Å². The highest BCUT2D eigenvalue weighted by atomic mass is 35.5. The van der Waals surface area contributed by atoms with Crippen molar-refractivity contribution >= 4 is 17.5 Å². The number of carbonyl (C=O) groups is 1. The first-order valence-electron chi connectivity index (χ1n) is 8.82. The van der Waals surface area contributed by atoms with Gasteiger partial charge in [-0.05, 0) is 44.4 Å². The van der Waals surface area contributed by atoms with E-state index in [9.17, 15) is 9.18 Å². The van der Waals surface area contributed by atoms with Crippen LogP contribution in [0.4, 0.5) is 4.39 Å². The van der Waals surface area contributed by atoms with E-state index in [-0.39, 0.29) is 28.4 Å². The predicted molar refractivity (Wildman–Crippen MR) is 95.4 cm³/mol. The zero-order chi connectivity index (χ0) is 17.9. The lowest BCUT2D eigenvalue weighted by atomic mass is 9.76.